The number of ether oxygens (including phenoxy) is 2. The maximum atomic E-state index is 14.3. The number of halogens is 2. The smallest absolute Gasteiger partial charge is 0.262 e. The van der Waals surface area contributed by atoms with Gasteiger partial charge < -0.3 is 14.0 Å². The summed E-state index contributed by atoms with van der Waals surface area (Å²) in [5.41, 5.74) is -0.770. The van der Waals surface area contributed by atoms with Gasteiger partial charge in [-0.1, -0.05) is 11.3 Å². The highest BCUT2D eigenvalue weighted by atomic mass is 32.1. The van der Waals surface area contributed by atoms with Gasteiger partial charge in [0.05, 0.1) is 18.0 Å². The molecule has 1 saturated carbocycles. The number of amides is 1. The Morgan fingerprint density at radius 1 is 1.32 bits per heavy atom. The number of pyridine rings is 1. The van der Waals surface area contributed by atoms with Crippen molar-refractivity contribution < 1.29 is 23.0 Å². The molecule has 1 aliphatic carbocycles. The number of carbonyl (C=O) groups is 1. The van der Waals surface area contributed by atoms with Gasteiger partial charge in [0.1, 0.15) is 16.7 Å². The number of nitrogens with one attached hydrogen (secondary N) is 1. The summed E-state index contributed by atoms with van der Waals surface area (Å²) in [6.07, 6.45) is 4.60. The fraction of sp³-hybridized carbons (Fsp3) is 0.400. The highest BCUT2D eigenvalue weighted by molar-refractivity contribution is 7.15. The molecule has 1 saturated heterocycles. The van der Waals surface area contributed by atoms with Gasteiger partial charge in [0.15, 0.2) is 11.6 Å². The van der Waals surface area contributed by atoms with Crippen molar-refractivity contribution >= 4 is 33.3 Å². The van der Waals surface area contributed by atoms with Crippen LogP contribution in [0.1, 0.15) is 53.2 Å². The van der Waals surface area contributed by atoms with Gasteiger partial charge in [0.25, 0.3) is 5.91 Å². The summed E-state index contributed by atoms with van der Waals surface area (Å²) in [5.74, 6) is -3.43. The normalized spacial score (nSPS) is 18.5. The molecule has 1 unspecified atom stereocenters. The van der Waals surface area contributed by atoms with Crippen LogP contribution in [0.4, 0.5) is 13.9 Å². The summed E-state index contributed by atoms with van der Waals surface area (Å²) in [7, 11) is 1.21. The monoisotopic (exact) mass is 448 g/mol. The third-order valence-corrected chi connectivity index (χ3v) is 6.35. The number of fused-ring (bicyclic) bond motifs is 1. The van der Waals surface area contributed by atoms with Crippen LogP contribution in [0.25, 0.3) is 10.9 Å². The van der Waals surface area contributed by atoms with Gasteiger partial charge in [0.2, 0.25) is 16.4 Å². The Kier molecular flexibility index (Phi) is 4.94. The zero-order chi connectivity index (χ0) is 21.7. The summed E-state index contributed by atoms with van der Waals surface area (Å²) in [6, 6.07) is 0.784. The lowest BCUT2D eigenvalue weighted by atomic mass is 10.1. The predicted octanol–water partition coefficient (Wildman–Crippen LogP) is 3.58. The lowest BCUT2D eigenvalue weighted by Crippen LogP contribution is -2.24. The van der Waals surface area contributed by atoms with Crippen molar-refractivity contribution in [3.8, 4) is 5.75 Å². The van der Waals surface area contributed by atoms with E-state index in [0.29, 0.717) is 11.6 Å². The molecular formula is C20H18F2N4O4S. The van der Waals surface area contributed by atoms with E-state index in [-0.39, 0.29) is 39.5 Å². The third kappa shape index (κ3) is 3.47. The van der Waals surface area contributed by atoms with Crippen LogP contribution < -0.4 is 15.5 Å². The lowest BCUT2D eigenvalue weighted by Gasteiger charge is -2.16. The molecule has 11 heteroatoms. The first kappa shape index (κ1) is 20.0. The van der Waals surface area contributed by atoms with Crippen LogP contribution in [0.5, 0.6) is 5.75 Å². The number of hydrogen-bond acceptors (Lipinski definition) is 7. The Labute approximate surface area is 178 Å². The molecule has 0 bridgehead atoms. The maximum Gasteiger partial charge on any atom is 0.262 e. The number of carbonyl (C=O) groups excluding carboxylic acids is 1. The van der Waals surface area contributed by atoms with Crippen molar-refractivity contribution in [1.82, 2.24) is 14.8 Å². The second-order valence-corrected chi connectivity index (χ2v) is 8.52. The van der Waals surface area contributed by atoms with Crippen molar-refractivity contribution in [3.05, 3.63) is 44.7 Å². The minimum atomic E-state index is -1.22. The Morgan fingerprint density at radius 2 is 2.13 bits per heavy atom. The van der Waals surface area contributed by atoms with Gasteiger partial charge in [-0.3, -0.25) is 14.9 Å². The van der Waals surface area contributed by atoms with Crippen LogP contribution in [-0.2, 0) is 4.74 Å². The van der Waals surface area contributed by atoms with Crippen LogP contribution in [0.2, 0.25) is 0 Å². The molecule has 2 aliphatic rings. The van der Waals surface area contributed by atoms with E-state index < -0.39 is 23.0 Å². The number of methoxy groups -OCH3 is 1. The van der Waals surface area contributed by atoms with E-state index in [1.165, 1.54) is 24.6 Å². The Balaban J connectivity index is 1.55. The fourth-order valence-corrected chi connectivity index (χ4v) is 4.59. The third-order valence-electron chi connectivity index (χ3n) is 5.42. The molecule has 1 N–H and O–H groups in total. The van der Waals surface area contributed by atoms with E-state index in [1.807, 2.05) is 0 Å². The largest absolute Gasteiger partial charge is 0.491 e. The zero-order valence-corrected chi connectivity index (χ0v) is 17.3. The maximum absolute atomic E-state index is 14.3. The zero-order valence-electron chi connectivity index (χ0n) is 16.5. The van der Waals surface area contributed by atoms with Crippen molar-refractivity contribution in [2.24, 2.45) is 0 Å². The molecule has 3 aromatic rings. The number of aromatic nitrogens is 3. The first-order valence-electron chi connectivity index (χ1n) is 9.85. The highest BCUT2D eigenvalue weighted by Gasteiger charge is 2.30. The van der Waals surface area contributed by atoms with Crippen LogP contribution in [0.15, 0.2) is 17.1 Å². The van der Waals surface area contributed by atoms with Crippen molar-refractivity contribution in [1.29, 1.82) is 0 Å². The van der Waals surface area contributed by atoms with Crippen LogP contribution >= 0.6 is 11.3 Å². The average Bonchev–Trinajstić information content (AvgIpc) is 3.24. The van der Waals surface area contributed by atoms with Gasteiger partial charge in [-0.2, -0.15) is 4.39 Å². The lowest BCUT2D eigenvalue weighted by molar-refractivity contribution is 0.102. The van der Waals surface area contributed by atoms with E-state index in [1.54, 1.807) is 4.57 Å². The Hall–Kier alpha value is -2.92. The van der Waals surface area contributed by atoms with E-state index in [4.69, 9.17) is 9.47 Å². The molecule has 162 valence electrons. The van der Waals surface area contributed by atoms with Crippen LogP contribution in [0, 0.1) is 11.6 Å². The highest BCUT2D eigenvalue weighted by Crippen LogP contribution is 2.40. The van der Waals surface area contributed by atoms with Crippen LogP contribution in [0.3, 0.4) is 0 Å². The first-order chi connectivity index (χ1) is 15.0. The quantitative estimate of drug-likeness (QED) is 0.641. The molecule has 0 spiro atoms. The van der Waals surface area contributed by atoms with Gasteiger partial charge in [-0.25, -0.2) is 4.39 Å². The molecule has 2 fully saturated rings. The molecule has 5 rings (SSSR count). The standard InChI is InChI=1S/C20H18F2N4O4S/c1-29-17-14(22)12(21)7-10-15(17)26(9-4-5-9)8-11(16(10)27)18(28)23-20-25-24-19(31-20)13-3-2-6-30-13/h7-9,13H,2-6H2,1H3,(H,23,25,28). The number of nitrogens with zero attached hydrogens (tertiary/aromatic N) is 3. The molecule has 1 amide bonds. The summed E-state index contributed by atoms with van der Waals surface area (Å²) < 4.78 is 40.6. The Morgan fingerprint density at radius 3 is 2.81 bits per heavy atom. The number of anilines is 1. The first-order valence-corrected chi connectivity index (χ1v) is 10.7. The summed E-state index contributed by atoms with van der Waals surface area (Å²) >= 11 is 1.18. The summed E-state index contributed by atoms with van der Waals surface area (Å²) in [6.45, 7) is 0.657. The van der Waals surface area contributed by atoms with E-state index in [2.05, 4.69) is 15.5 Å². The van der Waals surface area contributed by atoms with Gasteiger partial charge in [-0.05, 0) is 31.7 Å². The molecule has 31 heavy (non-hydrogen) atoms. The van der Waals surface area contributed by atoms with Crippen molar-refractivity contribution in [2.45, 2.75) is 37.8 Å². The van der Waals surface area contributed by atoms with Crippen molar-refractivity contribution in [3.63, 3.8) is 0 Å². The fourth-order valence-electron chi connectivity index (χ4n) is 3.77. The van der Waals surface area contributed by atoms with Gasteiger partial charge in [-0.15, -0.1) is 10.2 Å². The SMILES string of the molecule is COc1c(F)c(F)cc2c(=O)c(C(=O)Nc3nnc(C4CCCO4)s3)cn(C3CC3)c12. The second kappa shape index (κ2) is 7.65. The molecule has 2 aromatic heterocycles. The molecule has 8 nitrogen and oxygen atoms in total. The number of benzene rings is 1. The topological polar surface area (TPSA) is 95.3 Å². The molecule has 1 atom stereocenters. The van der Waals surface area contributed by atoms with Crippen molar-refractivity contribution in [2.75, 3.05) is 19.0 Å². The van der Waals surface area contributed by atoms with Crippen LogP contribution in [-0.4, -0.2) is 34.4 Å². The number of rotatable bonds is 5. The molecule has 1 aromatic carbocycles. The van der Waals surface area contributed by atoms with E-state index in [0.717, 1.165) is 31.7 Å². The second-order valence-electron chi connectivity index (χ2n) is 7.51. The summed E-state index contributed by atoms with van der Waals surface area (Å²) in [5, 5.41) is 11.4. The molecular weight excluding hydrogens is 430 g/mol. The average molecular weight is 448 g/mol. The predicted molar refractivity (Wildman–Crippen MR) is 109 cm³/mol. The number of hydrogen-bond donors (Lipinski definition) is 1. The molecule has 3 heterocycles. The summed E-state index contributed by atoms with van der Waals surface area (Å²) in [4.78, 5) is 25.9. The van der Waals surface area contributed by atoms with E-state index in [9.17, 15) is 18.4 Å². The van der Waals surface area contributed by atoms with E-state index >= 15 is 0 Å². The minimum Gasteiger partial charge on any atom is -0.491 e. The van der Waals surface area contributed by atoms with Gasteiger partial charge >= 0.3 is 0 Å². The Bertz CT molecular complexity index is 1250. The molecule has 0 radical (unpaired) electrons. The molecule has 1 aliphatic heterocycles. The van der Waals surface area contributed by atoms with Gasteiger partial charge in [0, 0.05) is 18.8 Å². The minimum absolute atomic E-state index is 0.0268.